The van der Waals surface area contributed by atoms with Crippen molar-refractivity contribution in [1.29, 1.82) is 0 Å². The second kappa shape index (κ2) is 5.76. The Kier molecular flexibility index (Phi) is 3.58. The molecule has 0 saturated heterocycles. The third-order valence-corrected chi connectivity index (χ3v) is 5.58. The Labute approximate surface area is 140 Å². The van der Waals surface area contributed by atoms with Gasteiger partial charge in [-0.2, -0.15) is 13.5 Å². The molecule has 0 saturated carbocycles. The Morgan fingerprint density at radius 2 is 1.62 bits per heavy atom. The van der Waals surface area contributed by atoms with Crippen molar-refractivity contribution in [2.45, 2.75) is 17.7 Å². The van der Waals surface area contributed by atoms with Crippen molar-refractivity contribution >= 4 is 27.0 Å². The third-order valence-electron chi connectivity index (χ3n) is 4.34. The third kappa shape index (κ3) is 2.57. The molecule has 0 bridgehead atoms. The van der Waals surface area contributed by atoms with Gasteiger partial charge in [0.1, 0.15) is 0 Å². The number of rotatable bonds is 4. The molecule has 4 rings (SSSR count). The second-order valence-electron chi connectivity index (χ2n) is 5.82. The predicted molar refractivity (Wildman–Crippen MR) is 95.7 cm³/mol. The van der Waals surface area contributed by atoms with Gasteiger partial charge in [0.05, 0.1) is 11.1 Å². The molecular formula is C19H16N2O2S. The van der Waals surface area contributed by atoms with Gasteiger partial charge in [-0.15, -0.1) is 0 Å². The Balaban J connectivity index is 1.65. The standard InChI is InChI=1S/C19H16N2O2S/c22-24(23,17-6-2-1-3-7-17)21-20-13-16-12-11-15-10-9-14-5-4-8-18(16)19(14)15/h1-8,11-13,21H,9-10H2/b20-13+. The van der Waals surface area contributed by atoms with Crippen molar-refractivity contribution in [2.75, 3.05) is 0 Å². The Morgan fingerprint density at radius 1 is 0.875 bits per heavy atom. The molecule has 120 valence electrons. The van der Waals surface area contributed by atoms with Gasteiger partial charge in [-0.1, -0.05) is 48.5 Å². The summed E-state index contributed by atoms with van der Waals surface area (Å²) in [5.74, 6) is 0. The molecule has 3 aromatic carbocycles. The van der Waals surface area contributed by atoms with Crippen molar-refractivity contribution in [2.24, 2.45) is 5.10 Å². The van der Waals surface area contributed by atoms with Crippen LogP contribution in [0.25, 0.3) is 10.8 Å². The fourth-order valence-electron chi connectivity index (χ4n) is 3.20. The minimum atomic E-state index is -3.64. The first-order chi connectivity index (χ1) is 11.6. The quantitative estimate of drug-likeness (QED) is 0.587. The zero-order valence-corrected chi connectivity index (χ0v) is 13.8. The van der Waals surface area contributed by atoms with Crippen molar-refractivity contribution < 1.29 is 8.42 Å². The highest BCUT2D eigenvalue weighted by Crippen LogP contribution is 2.32. The van der Waals surface area contributed by atoms with E-state index in [0.717, 1.165) is 23.8 Å². The molecule has 0 aromatic heterocycles. The number of aryl methyl sites for hydroxylation is 2. The molecule has 0 fully saturated rings. The maximum atomic E-state index is 12.2. The molecule has 5 heteroatoms. The lowest BCUT2D eigenvalue weighted by molar-refractivity contribution is 0.584. The molecule has 1 aliphatic carbocycles. The van der Waals surface area contributed by atoms with Gasteiger partial charge in [-0.05, 0) is 46.9 Å². The minimum absolute atomic E-state index is 0.197. The highest BCUT2D eigenvalue weighted by atomic mass is 32.2. The van der Waals surface area contributed by atoms with Crippen molar-refractivity contribution in [1.82, 2.24) is 4.83 Å². The Bertz CT molecular complexity index is 1030. The van der Waals surface area contributed by atoms with Crippen molar-refractivity contribution in [3.05, 3.63) is 77.4 Å². The maximum Gasteiger partial charge on any atom is 0.276 e. The van der Waals surface area contributed by atoms with Crippen LogP contribution in [-0.4, -0.2) is 14.6 Å². The van der Waals surface area contributed by atoms with E-state index in [1.165, 1.54) is 28.6 Å². The smallest absolute Gasteiger partial charge is 0.200 e. The summed E-state index contributed by atoms with van der Waals surface area (Å²) in [5.41, 5.74) is 3.61. The molecule has 4 nitrogen and oxygen atoms in total. The average molecular weight is 336 g/mol. The summed E-state index contributed by atoms with van der Waals surface area (Å²) in [4.78, 5) is 2.47. The Hall–Kier alpha value is -2.66. The zero-order chi connectivity index (χ0) is 16.6. The van der Waals surface area contributed by atoms with E-state index < -0.39 is 10.0 Å². The summed E-state index contributed by atoms with van der Waals surface area (Å²) in [6.07, 6.45) is 3.70. The van der Waals surface area contributed by atoms with Gasteiger partial charge < -0.3 is 0 Å². The zero-order valence-electron chi connectivity index (χ0n) is 12.9. The van der Waals surface area contributed by atoms with Crippen LogP contribution in [0.1, 0.15) is 16.7 Å². The molecule has 1 N–H and O–H groups in total. The van der Waals surface area contributed by atoms with Crippen LogP contribution in [0.3, 0.4) is 0 Å². The van der Waals surface area contributed by atoms with Crippen LogP contribution in [0, 0.1) is 0 Å². The molecule has 24 heavy (non-hydrogen) atoms. The van der Waals surface area contributed by atoms with Crippen molar-refractivity contribution in [3.8, 4) is 0 Å². The van der Waals surface area contributed by atoms with Gasteiger partial charge in [0.2, 0.25) is 0 Å². The lowest BCUT2D eigenvalue weighted by Gasteiger charge is -2.06. The molecule has 0 spiro atoms. The van der Waals surface area contributed by atoms with E-state index in [1.54, 1.807) is 24.4 Å². The number of benzene rings is 3. The average Bonchev–Trinajstić information content (AvgIpc) is 3.03. The second-order valence-corrected chi connectivity index (χ2v) is 7.48. The summed E-state index contributed by atoms with van der Waals surface area (Å²) in [6.45, 7) is 0. The van der Waals surface area contributed by atoms with E-state index in [4.69, 9.17) is 0 Å². The first kappa shape index (κ1) is 14.9. The summed E-state index contributed by atoms with van der Waals surface area (Å²) in [7, 11) is -3.64. The fraction of sp³-hybridized carbons (Fsp3) is 0.105. The molecule has 1 aliphatic rings. The minimum Gasteiger partial charge on any atom is -0.200 e. The van der Waals surface area contributed by atoms with Gasteiger partial charge in [0.25, 0.3) is 10.0 Å². The van der Waals surface area contributed by atoms with Gasteiger partial charge in [-0.25, -0.2) is 4.83 Å². The van der Waals surface area contributed by atoms with E-state index >= 15 is 0 Å². The highest BCUT2D eigenvalue weighted by molar-refractivity contribution is 7.89. The van der Waals surface area contributed by atoms with Crippen LogP contribution >= 0.6 is 0 Å². The summed E-state index contributed by atoms with van der Waals surface area (Å²) in [6, 6.07) is 18.6. The number of nitrogens with zero attached hydrogens (tertiary/aromatic N) is 1. The molecule has 0 radical (unpaired) electrons. The number of hydrogen-bond donors (Lipinski definition) is 1. The predicted octanol–water partition coefficient (Wildman–Crippen LogP) is 3.25. The lowest BCUT2D eigenvalue weighted by Crippen LogP contribution is -2.18. The number of hydrogen-bond acceptors (Lipinski definition) is 3. The fourth-order valence-corrected chi connectivity index (χ4v) is 4.01. The molecule has 0 unspecified atom stereocenters. The molecule has 3 aromatic rings. The maximum absolute atomic E-state index is 12.2. The molecule has 0 heterocycles. The number of sulfonamides is 1. The van der Waals surface area contributed by atoms with E-state index in [2.05, 4.69) is 28.1 Å². The Morgan fingerprint density at radius 3 is 2.42 bits per heavy atom. The van der Waals surface area contributed by atoms with E-state index in [-0.39, 0.29) is 4.90 Å². The first-order valence-corrected chi connectivity index (χ1v) is 9.27. The molecule has 0 amide bonds. The number of nitrogens with one attached hydrogen (secondary N) is 1. The van der Waals surface area contributed by atoms with Gasteiger partial charge in [0, 0.05) is 5.56 Å². The van der Waals surface area contributed by atoms with E-state index in [1.807, 2.05) is 12.1 Å². The molecule has 0 aliphatic heterocycles. The van der Waals surface area contributed by atoms with Crippen LogP contribution in [0.2, 0.25) is 0 Å². The van der Waals surface area contributed by atoms with E-state index in [9.17, 15) is 8.42 Å². The topological polar surface area (TPSA) is 58.5 Å². The largest absolute Gasteiger partial charge is 0.276 e. The van der Waals surface area contributed by atoms with E-state index in [0.29, 0.717) is 0 Å². The van der Waals surface area contributed by atoms with Crippen molar-refractivity contribution in [3.63, 3.8) is 0 Å². The number of hydrazone groups is 1. The van der Waals surface area contributed by atoms with Crippen LogP contribution in [0.5, 0.6) is 0 Å². The van der Waals surface area contributed by atoms with Crippen LogP contribution < -0.4 is 4.83 Å². The summed E-state index contributed by atoms with van der Waals surface area (Å²) in [5, 5.41) is 6.36. The molecular weight excluding hydrogens is 320 g/mol. The van der Waals surface area contributed by atoms with Crippen LogP contribution in [0.4, 0.5) is 0 Å². The van der Waals surface area contributed by atoms with Crippen LogP contribution in [0.15, 0.2) is 70.7 Å². The summed E-state index contributed by atoms with van der Waals surface area (Å²) >= 11 is 0. The highest BCUT2D eigenvalue weighted by Gasteiger charge is 2.15. The van der Waals surface area contributed by atoms with Gasteiger partial charge >= 0.3 is 0 Å². The SMILES string of the molecule is O=S(=O)(N/N=C/c1ccc2c3c(cccc13)CC2)c1ccccc1. The first-order valence-electron chi connectivity index (χ1n) is 7.78. The van der Waals surface area contributed by atoms with Gasteiger partial charge in [-0.3, -0.25) is 0 Å². The van der Waals surface area contributed by atoms with Crippen LogP contribution in [-0.2, 0) is 22.9 Å². The summed E-state index contributed by atoms with van der Waals surface area (Å²) < 4.78 is 24.4. The monoisotopic (exact) mass is 336 g/mol. The van der Waals surface area contributed by atoms with Gasteiger partial charge in [0.15, 0.2) is 0 Å². The normalized spacial score (nSPS) is 13.7. The lowest BCUT2D eigenvalue weighted by atomic mass is 10.0. The molecule has 0 atom stereocenters.